The SMILES string of the molecule is O=C(O)CCOCCOCCNc1nc(Cc2ccc(CC3C[N@@+]4(CC(=O)O)CC[N+]5(CC(=O)O)CC[N+]6(CC(=O)O)CC[N+]3(CC(=O)O)[C@@]654)cc2)nc(N2CCN(CCCCCCCCCCC(=O)NCCCC[C@H](NC(=O)N[C@@H](CCC(=O)O)C(=O)O)C(=O)O)CC2)n1. The first-order valence-corrected chi connectivity index (χ1v) is 33.1. The van der Waals surface area contributed by atoms with E-state index in [1.807, 2.05) is 24.3 Å². The van der Waals surface area contributed by atoms with Crippen LogP contribution in [0.5, 0.6) is 0 Å². The number of ether oxygens (including phenoxy) is 2. The van der Waals surface area contributed by atoms with Crippen LogP contribution in [-0.4, -0.2) is 307 Å². The van der Waals surface area contributed by atoms with E-state index in [9.17, 15) is 78.6 Å². The number of carbonyl (C=O) groups is 10. The van der Waals surface area contributed by atoms with E-state index in [4.69, 9.17) is 34.6 Å². The van der Waals surface area contributed by atoms with Crippen molar-refractivity contribution in [3.63, 3.8) is 0 Å². The van der Waals surface area contributed by atoms with Gasteiger partial charge in [0, 0.05) is 65.0 Å². The van der Waals surface area contributed by atoms with Crippen LogP contribution >= 0.6 is 0 Å². The fourth-order valence-electron chi connectivity index (χ4n) is 15.9. The molecule has 2 aromatic rings. The fraction of sp³-hybridized carbons (Fsp3) is 0.694. The quantitative estimate of drug-likeness (QED) is 0.0318. The molecule has 7 rings (SSSR count). The monoisotopic (exact) mass is 1340 g/mol. The number of quaternary nitrogens is 4. The van der Waals surface area contributed by atoms with Gasteiger partial charge in [-0.05, 0) is 56.2 Å². The number of urea groups is 1. The average Bonchev–Trinajstić information content (AvgIpc) is 1.44. The third-order valence-electron chi connectivity index (χ3n) is 19.6. The lowest BCUT2D eigenvalue weighted by molar-refractivity contribution is -1.36. The molecule has 5 fully saturated rings. The number of carbonyl (C=O) groups excluding carboxylic acids is 2. The summed E-state index contributed by atoms with van der Waals surface area (Å²) in [4.78, 5) is 140. The molecule has 8 atom stereocenters. The minimum Gasteiger partial charge on any atom is -0.481 e. The van der Waals surface area contributed by atoms with Crippen LogP contribution in [0.3, 0.4) is 0 Å². The van der Waals surface area contributed by atoms with E-state index in [1.165, 1.54) is 0 Å². The van der Waals surface area contributed by atoms with Crippen LogP contribution in [-0.2, 0) is 65.5 Å². The number of amides is 3. The number of piperazine rings is 1. The third kappa shape index (κ3) is 19.2. The summed E-state index contributed by atoms with van der Waals surface area (Å²) in [6, 6.07) is 3.53. The third-order valence-corrected chi connectivity index (χ3v) is 19.6. The summed E-state index contributed by atoms with van der Waals surface area (Å²) in [6.45, 7) is 5.96. The Kier molecular flexibility index (Phi) is 27.1. The molecule has 5 aliphatic rings. The number of aliphatic carboxylic acids is 8. The average molecular weight is 1340 g/mol. The minimum absolute atomic E-state index is 0.0387. The number of nitrogens with zero attached hydrogens (tertiary/aromatic N) is 9. The Bertz CT molecular complexity index is 2980. The lowest BCUT2D eigenvalue weighted by atomic mass is 10.0. The normalized spacial score (nSPS) is 24.0. The van der Waals surface area contributed by atoms with Crippen LogP contribution in [0.1, 0.15) is 113 Å². The molecule has 1 aromatic heterocycles. The molecule has 33 nitrogen and oxygen atoms in total. The smallest absolute Gasteiger partial charge is 0.481 e. The molecule has 1 aromatic carbocycles. The number of aromatic nitrogens is 3. The standard InChI is InChI=1S/C62H93N13O20/c76-50(63-20-9-8-11-47(57(89)90)65-61(93)66-48(58(91)92)17-18-51(77)78)12-7-5-3-1-2-4-6-10-22-70-23-25-71(26-24-70)60-68-49(67-59(69-60)64-21-34-95-36-35-94-33-19-52(79)80)38-45-15-13-44(14-16-45)37-46-39-74(42-55(85)86)30-29-72(40-53(81)82)27-28-73(41-54(83)84)31-32-75(46,43-56(87)88)62(72,73)74/h13-16,46-48H,1-12,17-43H2,(H8-4,63,64,65,66,67,68,69,76,77,78,79,80,81,82,83,84,85,86,87,88,89,90,91,92,93)/p+4/t46?,47-,48-,62+,72?,73?,74+,75?/m0/s1. The van der Waals surface area contributed by atoms with Gasteiger partial charge in [-0.1, -0.05) is 62.8 Å². The van der Waals surface area contributed by atoms with Crippen LogP contribution in [0, 0.1) is 0 Å². The van der Waals surface area contributed by atoms with Gasteiger partial charge in [-0.2, -0.15) is 15.0 Å². The summed E-state index contributed by atoms with van der Waals surface area (Å²) in [6.07, 6.45) is 9.05. The minimum atomic E-state index is -1.50. The van der Waals surface area contributed by atoms with E-state index in [2.05, 4.69) is 31.1 Å². The van der Waals surface area contributed by atoms with E-state index in [0.29, 0.717) is 102 Å². The van der Waals surface area contributed by atoms with Gasteiger partial charge in [-0.25, -0.2) is 33.6 Å². The highest BCUT2D eigenvalue weighted by molar-refractivity contribution is 5.86. The first-order chi connectivity index (χ1) is 45.4. The molecule has 6 heterocycles. The fourth-order valence-corrected chi connectivity index (χ4v) is 15.9. The van der Waals surface area contributed by atoms with Crippen molar-refractivity contribution < 1.29 is 116 Å². The van der Waals surface area contributed by atoms with Gasteiger partial charge in [0.05, 0.1) is 32.8 Å². The maximum atomic E-state index is 13.1. The van der Waals surface area contributed by atoms with Crippen molar-refractivity contribution in [1.82, 2.24) is 35.8 Å². The molecule has 33 heteroatoms. The number of hydrogen-bond donors (Lipinski definition) is 12. The lowest BCUT2D eigenvalue weighted by Crippen LogP contribution is -2.86. The lowest BCUT2D eigenvalue weighted by Gasteiger charge is -2.50. The number of carboxylic acid groups (broad SMARTS) is 8. The molecule has 3 amide bonds. The zero-order chi connectivity index (χ0) is 68.8. The van der Waals surface area contributed by atoms with E-state index in [0.717, 1.165) is 82.1 Å². The topological polar surface area (TPSA) is 444 Å². The van der Waals surface area contributed by atoms with Gasteiger partial charge in [0.1, 0.15) is 63.7 Å². The molecule has 0 aliphatic carbocycles. The summed E-state index contributed by atoms with van der Waals surface area (Å²) in [7, 11) is 0. The highest BCUT2D eigenvalue weighted by atomic mass is 16.5. The van der Waals surface area contributed by atoms with Crippen LogP contribution in [0.2, 0.25) is 0 Å². The van der Waals surface area contributed by atoms with Crippen molar-refractivity contribution in [3.05, 3.63) is 41.2 Å². The molecule has 95 heavy (non-hydrogen) atoms. The van der Waals surface area contributed by atoms with Crippen molar-refractivity contribution in [2.24, 2.45) is 0 Å². The number of rotatable bonds is 46. The molecule has 0 bridgehead atoms. The second-order valence-electron chi connectivity index (χ2n) is 25.9. The Balaban J connectivity index is 0.867. The Morgan fingerprint density at radius 1 is 0.526 bits per heavy atom. The summed E-state index contributed by atoms with van der Waals surface area (Å²) < 4.78 is 10.7. The number of benzene rings is 1. The van der Waals surface area contributed by atoms with Crippen LogP contribution in [0.4, 0.5) is 16.7 Å². The predicted molar refractivity (Wildman–Crippen MR) is 335 cm³/mol. The van der Waals surface area contributed by atoms with E-state index in [1.54, 1.807) is 0 Å². The Morgan fingerprint density at radius 2 is 1.06 bits per heavy atom. The molecular weight excluding hydrogens is 1250 g/mol. The molecule has 12 N–H and O–H groups in total. The van der Waals surface area contributed by atoms with E-state index >= 15 is 0 Å². The van der Waals surface area contributed by atoms with Crippen LogP contribution in [0.25, 0.3) is 0 Å². The van der Waals surface area contributed by atoms with Crippen molar-refractivity contribution in [1.29, 1.82) is 0 Å². The molecule has 5 aliphatic heterocycles. The molecule has 4 unspecified atom stereocenters. The molecule has 0 saturated carbocycles. The highest BCUT2D eigenvalue weighted by Gasteiger charge is 3.01. The van der Waals surface area contributed by atoms with Crippen LogP contribution < -0.4 is 26.2 Å². The number of hydrogen-bond acceptors (Lipinski definition) is 18. The van der Waals surface area contributed by atoms with Gasteiger partial charge in [0.15, 0.2) is 32.2 Å². The number of nitrogens with one attached hydrogen (secondary N) is 4. The van der Waals surface area contributed by atoms with Crippen molar-refractivity contribution in [3.8, 4) is 0 Å². The van der Waals surface area contributed by atoms with Crippen molar-refractivity contribution in [2.45, 2.75) is 133 Å². The highest BCUT2D eigenvalue weighted by Crippen LogP contribution is 2.64. The number of carboxylic acids is 8. The molecule has 5 saturated heterocycles. The van der Waals surface area contributed by atoms with Gasteiger partial charge in [-0.3, -0.25) is 19.3 Å². The summed E-state index contributed by atoms with van der Waals surface area (Å²) in [5, 5.41) is 89.0. The summed E-state index contributed by atoms with van der Waals surface area (Å²) in [5.41, 5.74) is 1.74. The van der Waals surface area contributed by atoms with Gasteiger partial charge in [0.25, 0.3) is 0 Å². The van der Waals surface area contributed by atoms with E-state index < -0.39 is 90.8 Å². The summed E-state index contributed by atoms with van der Waals surface area (Å²) >= 11 is 0. The van der Waals surface area contributed by atoms with Crippen molar-refractivity contribution in [2.75, 3.05) is 154 Å². The van der Waals surface area contributed by atoms with Gasteiger partial charge >= 0.3 is 59.7 Å². The Hall–Kier alpha value is -7.95. The second-order valence-corrected chi connectivity index (χ2v) is 25.9. The van der Waals surface area contributed by atoms with Gasteiger partial charge in [0.2, 0.25) is 17.8 Å². The Morgan fingerprint density at radius 3 is 1.65 bits per heavy atom. The van der Waals surface area contributed by atoms with E-state index in [-0.39, 0.29) is 109 Å². The molecule has 1 spiro atoms. The number of anilines is 2. The largest absolute Gasteiger partial charge is 0.483 e. The predicted octanol–water partition coefficient (Wildman–Crippen LogP) is 0.554. The Labute approximate surface area is 550 Å². The molecule has 0 radical (unpaired) electrons. The second kappa shape index (κ2) is 34.6. The molecular formula is C62H97N13O20+4. The maximum Gasteiger partial charge on any atom is 0.483 e. The zero-order valence-corrected chi connectivity index (χ0v) is 54.1. The first-order valence-electron chi connectivity index (χ1n) is 33.1. The first kappa shape index (κ1) is 74.4. The van der Waals surface area contributed by atoms with Crippen LogP contribution in [0.15, 0.2) is 24.3 Å². The van der Waals surface area contributed by atoms with Gasteiger partial charge < -0.3 is 76.5 Å². The number of unbranched alkanes of at least 4 members (excludes halogenated alkanes) is 8. The van der Waals surface area contributed by atoms with Gasteiger partial charge in [-0.15, -0.1) is 17.9 Å². The van der Waals surface area contributed by atoms with Crippen molar-refractivity contribution >= 4 is 71.6 Å². The summed E-state index contributed by atoms with van der Waals surface area (Å²) in [5.74, 6) is -9.44. The molecule has 526 valence electrons. The maximum absolute atomic E-state index is 13.1. The zero-order valence-electron chi connectivity index (χ0n) is 54.1.